The van der Waals surface area contributed by atoms with Crippen molar-refractivity contribution in [2.45, 2.75) is 37.6 Å². The number of amides is 1. The fraction of sp³-hybridized carbons (Fsp3) is 0.533. The summed E-state index contributed by atoms with van der Waals surface area (Å²) in [6, 6.07) is 4.98. The summed E-state index contributed by atoms with van der Waals surface area (Å²) in [5, 5.41) is 12.6. The third kappa shape index (κ3) is 3.04. The van der Waals surface area contributed by atoms with Crippen LogP contribution >= 0.6 is 0 Å². The topological polar surface area (TPSA) is 84.6 Å². The quantitative estimate of drug-likeness (QED) is 0.732. The molecule has 0 saturated heterocycles. The molecule has 0 atom stereocenters. The lowest BCUT2D eigenvalue weighted by atomic mass is 9.82. The molecule has 1 aliphatic carbocycles. The van der Waals surface area contributed by atoms with Crippen LogP contribution in [0.2, 0.25) is 0 Å². The van der Waals surface area contributed by atoms with E-state index in [9.17, 15) is 9.90 Å². The van der Waals surface area contributed by atoms with Crippen molar-refractivity contribution >= 4 is 11.6 Å². The van der Waals surface area contributed by atoms with E-state index in [4.69, 9.17) is 10.5 Å². The van der Waals surface area contributed by atoms with E-state index in [1.807, 2.05) is 0 Å². The molecule has 2 rings (SSSR count). The molecule has 1 saturated carbocycles. The number of carbonyl (C=O) groups excluding carboxylic acids is 1. The summed E-state index contributed by atoms with van der Waals surface area (Å²) in [7, 11) is 1.55. The van der Waals surface area contributed by atoms with Crippen molar-refractivity contribution < 1.29 is 14.6 Å². The molecule has 20 heavy (non-hydrogen) atoms. The van der Waals surface area contributed by atoms with Gasteiger partial charge in [0.25, 0.3) is 5.91 Å². The number of hydrogen-bond donors (Lipinski definition) is 3. The van der Waals surface area contributed by atoms with Crippen molar-refractivity contribution in [2.75, 3.05) is 19.5 Å². The van der Waals surface area contributed by atoms with Crippen molar-refractivity contribution in [3.63, 3.8) is 0 Å². The number of nitrogens with two attached hydrogens (primary N) is 1. The average molecular weight is 278 g/mol. The number of carbonyl (C=O) groups is 1. The Bertz CT molecular complexity index is 482. The van der Waals surface area contributed by atoms with E-state index in [0.29, 0.717) is 17.0 Å². The summed E-state index contributed by atoms with van der Waals surface area (Å²) >= 11 is 0. The molecule has 1 aliphatic rings. The lowest BCUT2D eigenvalue weighted by Crippen LogP contribution is -2.52. The van der Waals surface area contributed by atoms with E-state index < -0.39 is 5.54 Å². The number of anilines is 1. The van der Waals surface area contributed by atoms with Crippen LogP contribution in [0.15, 0.2) is 18.2 Å². The molecule has 1 amide bonds. The van der Waals surface area contributed by atoms with Gasteiger partial charge in [0.2, 0.25) is 0 Å². The molecule has 0 aliphatic heterocycles. The maximum atomic E-state index is 12.4. The van der Waals surface area contributed by atoms with Crippen LogP contribution in [0.1, 0.15) is 42.5 Å². The molecular weight excluding hydrogens is 256 g/mol. The van der Waals surface area contributed by atoms with Gasteiger partial charge in [0.05, 0.1) is 24.8 Å². The molecule has 5 nitrogen and oxygen atoms in total. The molecule has 1 aromatic rings. The number of aliphatic hydroxyl groups is 1. The number of methoxy groups -OCH3 is 1. The van der Waals surface area contributed by atoms with Crippen molar-refractivity contribution in [2.24, 2.45) is 0 Å². The van der Waals surface area contributed by atoms with Gasteiger partial charge in [-0.2, -0.15) is 0 Å². The smallest absolute Gasteiger partial charge is 0.253 e. The van der Waals surface area contributed by atoms with Gasteiger partial charge >= 0.3 is 0 Å². The number of hydrogen-bond acceptors (Lipinski definition) is 4. The SMILES string of the molecule is COc1ccc(C(=O)NC2(CO)CCCCC2)c(N)c1. The number of aliphatic hydroxyl groups excluding tert-OH is 1. The lowest BCUT2D eigenvalue weighted by molar-refractivity contribution is 0.0759. The predicted molar refractivity (Wildman–Crippen MR) is 77.8 cm³/mol. The minimum atomic E-state index is -0.498. The minimum absolute atomic E-state index is 0.0329. The molecule has 110 valence electrons. The van der Waals surface area contributed by atoms with Crippen molar-refractivity contribution in [3.05, 3.63) is 23.8 Å². The Kier molecular flexibility index (Phi) is 4.49. The number of nitrogens with one attached hydrogen (secondary N) is 1. The first-order valence-corrected chi connectivity index (χ1v) is 6.97. The third-order valence-electron chi connectivity index (χ3n) is 4.00. The Morgan fingerprint density at radius 3 is 2.65 bits per heavy atom. The number of nitrogen functional groups attached to an aromatic ring is 1. The second-order valence-electron chi connectivity index (χ2n) is 5.41. The van der Waals surface area contributed by atoms with Crippen molar-refractivity contribution in [3.8, 4) is 5.75 Å². The van der Waals surface area contributed by atoms with Gasteiger partial charge in [-0.1, -0.05) is 19.3 Å². The maximum Gasteiger partial charge on any atom is 0.253 e. The summed E-state index contributed by atoms with van der Waals surface area (Å²) < 4.78 is 5.07. The van der Waals surface area contributed by atoms with E-state index in [1.54, 1.807) is 25.3 Å². The molecular formula is C15H22N2O3. The Hall–Kier alpha value is -1.75. The normalized spacial score (nSPS) is 17.5. The standard InChI is InChI=1S/C15H22N2O3/c1-20-11-5-6-12(13(16)9-11)14(19)17-15(10-18)7-3-2-4-8-15/h5-6,9,18H,2-4,7-8,10,16H2,1H3,(H,17,19). The first kappa shape index (κ1) is 14.7. The highest BCUT2D eigenvalue weighted by Gasteiger charge is 2.33. The van der Waals surface area contributed by atoms with Crippen LogP contribution in [-0.2, 0) is 0 Å². The number of benzene rings is 1. The second kappa shape index (κ2) is 6.13. The molecule has 1 fully saturated rings. The zero-order chi connectivity index (χ0) is 14.6. The van der Waals surface area contributed by atoms with E-state index in [0.717, 1.165) is 32.1 Å². The first-order chi connectivity index (χ1) is 9.60. The van der Waals surface area contributed by atoms with E-state index in [2.05, 4.69) is 5.32 Å². The largest absolute Gasteiger partial charge is 0.497 e. The monoisotopic (exact) mass is 278 g/mol. The number of rotatable bonds is 4. The summed E-state index contributed by atoms with van der Waals surface area (Å²) in [6.07, 6.45) is 4.83. The highest BCUT2D eigenvalue weighted by molar-refractivity contribution is 5.99. The van der Waals surface area contributed by atoms with E-state index >= 15 is 0 Å². The Labute approximate surface area is 119 Å². The maximum absolute atomic E-state index is 12.4. The van der Waals surface area contributed by atoms with Crippen LogP contribution in [0.25, 0.3) is 0 Å². The molecule has 0 heterocycles. The summed E-state index contributed by atoms with van der Waals surface area (Å²) in [4.78, 5) is 12.4. The molecule has 4 N–H and O–H groups in total. The lowest BCUT2D eigenvalue weighted by Gasteiger charge is -2.36. The molecule has 0 spiro atoms. The molecule has 0 aromatic heterocycles. The van der Waals surface area contributed by atoms with Gasteiger partial charge in [-0.15, -0.1) is 0 Å². The summed E-state index contributed by atoms with van der Waals surface area (Å²) in [6.45, 7) is -0.0329. The Morgan fingerprint density at radius 2 is 2.10 bits per heavy atom. The van der Waals surface area contributed by atoms with Crippen LogP contribution in [0.4, 0.5) is 5.69 Å². The minimum Gasteiger partial charge on any atom is -0.497 e. The first-order valence-electron chi connectivity index (χ1n) is 6.97. The molecule has 5 heteroatoms. The van der Waals surface area contributed by atoms with Crippen molar-refractivity contribution in [1.82, 2.24) is 5.32 Å². The number of ether oxygens (including phenoxy) is 1. The van der Waals surface area contributed by atoms with Crippen LogP contribution in [0, 0.1) is 0 Å². The van der Waals surface area contributed by atoms with Gasteiger partial charge in [0.1, 0.15) is 5.75 Å². The van der Waals surface area contributed by atoms with Gasteiger partial charge in [-0.25, -0.2) is 0 Å². The highest BCUT2D eigenvalue weighted by Crippen LogP contribution is 2.29. The molecule has 0 bridgehead atoms. The summed E-state index contributed by atoms with van der Waals surface area (Å²) in [5.74, 6) is 0.384. The summed E-state index contributed by atoms with van der Waals surface area (Å²) in [5.41, 5.74) is 6.19. The van der Waals surface area contributed by atoms with Crippen LogP contribution in [0.5, 0.6) is 5.75 Å². The van der Waals surface area contributed by atoms with Gasteiger partial charge in [-0.3, -0.25) is 4.79 Å². The van der Waals surface area contributed by atoms with Crippen molar-refractivity contribution in [1.29, 1.82) is 0 Å². The third-order valence-corrected chi connectivity index (χ3v) is 4.00. The van der Waals surface area contributed by atoms with Gasteiger partial charge in [0.15, 0.2) is 0 Å². The van der Waals surface area contributed by atoms with Crippen LogP contribution < -0.4 is 15.8 Å². The molecule has 0 unspecified atom stereocenters. The van der Waals surface area contributed by atoms with Gasteiger partial charge in [-0.05, 0) is 25.0 Å². The average Bonchev–Trinajstić information content (AvgIpc) is 2.47. The van der Waals surface area contributed by atoms with Gasteiger partial charge < -0.3 is 20.9 Å². The van der Waals surface area contributed by atoms with E-state index in [-0.39, 0.29) is 12.5 Å². The van der Waals surface area contributed by atoms with E-state index in [1.165, 1.54) is 0 Å². The molecule has 1 aromatic carbocycles. The van der Waals surface area contributed by atoms with Crippen LogP contribution in [0.3, 0.4) is 0 Å². The fourth-order valence-corrected chi connectivity index (χ4v) is 2.73. The predicted octanol–water partition coefficient (Wildman–Crippen LogP) is 1.70. The van der Waals surface area contributed by atoms with Crippen LogP contribution in [-0.4, -0.2) is 30.3 Å². The molecule has 0 radical (unpaired) electrons. The fourth-order valence-electron chi connectivity index (χ4n) is 2.73. The zero-order valence-corrected chi connectivity index (χ0v) is 11.8. The Balaban J connectivity index is 2.14. The highest BCUT2D eigenvalue weighted by atomic mass is 16.5. The second-order valence-corrected chi connectivity index (χ2v) is 5.41. The zero-order valence-electron chi connectivity index (χ0n) is 11.8. The van der Waals surface area contributed by atoms with Gasteiger partial charge in [0, 0.05) is 11.8 Å². The Morgan fingerprint density at radius 1 is 1.40 bits per heavy atom.